The molecule has 5 nitrogen and oxygen atoms in total. The van der Waals surface area contributed by atoms with E-state index < -0.39 is 0 Å². The maximum atomic E-state index is 5.44. The van der Waals surface area contributed by atoms with E-state index in [1.165, 1.54) is 0 Å². The molecule has 1 aliphatic heterocycles. The number of hydrogen-bond acceptors (Lipinski definition) is 5. The second-order valence-corrected chi connectivity index (χ2v) is 6.02. The SMILES string of the molecule is COc1cc2cc(C)nc(/C=C/c3ccc4c(c3)OCO4)c2cc1OC. The number of methoxy groups -OCH3 is 2. The molecule has 2 aromatic carbocycles. The van der Waals surface area contributed by atoms with E-state index >= 15 is 0 Å². The van der Waals surface area contributed by atoms with Gasteiger partial charge in [0.15, 0.2) is 23.0 Å². The predicted octanol–water partition coefficient (Wildman–Crippen LogP) is 4.46. The Labute approximate surface area is 151 Å². The first kappa shape index (κ1) is 16.3. The third-order valence-corrected chi connectivity index (χ3v) is 4.32. The van der Waals surface area contributed by atoms with E-state index in [1.54, 1.807) is 14.2 Å². The fourth-order valence-electron chi connectivity index (χ4n) is 3.06. The molecule has 2 heterocycles. The van der Waals surface area contributed by atoms with Crippen LogP contribution in [0.3, 0.4) is 0 Å². The van der Waals surface area contributed by atoms with Crippen LogP contribution in [0, 0.1) is 6.92 Å². The zero-order valence-electron chi connectivity index (χ0n) is 14.9. The number of rotatable bonds is 4. The molecule has 0 saturated heterocycles. The largest absolute Gasteiger partial charge is 0.493 e. The molecule has 3 aromatic rings. The van der Waals surface area contributed by atoms with Crippen LogP contribution >= 0.6 is 0 Å². The second-order valence-electron chi connectivity index (χ2n) is 6.02. The third kappa shape index (κ3) is 2.92. The molecule has 5 heteroatoms. The molecule has 26 heavy (non-hydrogen) atoms. The highest BCUT2D eigenvalue weighted by Crippen LogP contribution is 2.35. The fraction of sp³-hybridized carbons (Fsp3) is 0.190. The van der Waals surface area contributed by atoms with Gasteiger partial charge in [-0.2, -0.15) is 0 Å². The van der Waals surface area contributed by atoms with Crippen LogP contribution in [0.2, 0.25) is 0 Å². The standard InChI is InChI=1S/C21H19NO4/c1-13-8-15-10-19(23-2)20(24-3)11-16(15)17(22-13)6-4-14-5-7-18-21(9-14)26-12-25-18/h4-11H,12H2,1-3H3/b6-4+. The first-order valence-corrected chi connectivity index (χ1v) is 8.29. The van der Waals surface area contributed by atoms with Crippen molar-refractivity contribution in [1.82, 2.24) is 4.98 Å². The van der Waals surface area contributed by atoms with Gasteiger partial charge in [-0.3, -0.25) is 4.98 Å². The van der Waals surface area contributed by atoms with Gasteiger partial charge in [-0.25, -0.2) is 0 Å². The maximum Gasteiger partial charge on any atom is 0.231 e. The average molecular weight is 349 g/mol. The fourth-order valence-corrected chi connectivity index (χ4v) is 3.06. The van der Waals surface area contributed by atoms with Crippen LogP contribution in [0.1, 0.15) is 17.0 Å². The van der Waals surface area contributed by atoms with Crippen molar-refractivity contribution in [1.29, 1.82) is 0 Å². The summed E-state index contributed by atoms with van der Waals surface area (Å²) in [5.74, 6) is 2.93. The minimum atomic E-state index is 0.272. The molecule has 0 radical (unpaired) electrons. The summed E-state index contributed by atoms with van der Waals surface area (Å²) in [5, 5.41) is 2.06. The Balaban J connectivity index is 1.77. The van der Waals surface area contributed by atoms with Crippen LogP contribution in [-0.2, 0) is 0 Å². The van der Waals surface area contributed by atoms with Crippen LogP contribution in [0.5, 0.6) is 23.0 Å². The van der Waals surface area contributed by atoms with Gasteiger partial charge in [0, 0.05) is 11.1 Å². The Morgan fingerprint density at radius 2 is 1.69 bits per heavy atom. The molecular weight excluding hydrogens is 330 g/mol. The van der Waals surface area contributed by atoms with Crippen molar-refractivity contribution in [2.24, 2.45) is 0 Å². The smallest absolute Gasteiger partial charge is 0.231 e. The number of aromatic nitrogens is 1. The Morgan fingerprint density at radius 1 is 0.923 bits per heavy atom. The van der Waals surface area contributed by atoms with Crippen LogP contribution in [0.4, 0.5) is 0 Å². The number of ether oxygens (including phenoxy) is 4. The highest BCUT2D eigenvalue weighted by Gasteiger charge is 2.13. The zero-order valence-corrected chi connectivity index (χ0v) is 14.9. The molecule has 0 aliphatic carbocycles. The first-order valence-electron chi connectivity index (χ1n) is 8.29. The lowest BCUT2D eigenvalue weighted by molar-refractivity contribution is 0.174. The van der Waals surface area contributed by atoms with Crippen LogP contribution < -0.4 is 18.9 Å². The summed E-state index contributed by atoms with van der Waals surface area (Å²) in [5.41, 5.74) is 2.83. The quantitative estimate of drug-likeness (QED) is 0.696. The van der Waals surface area contributed by atoms with Gasteiger partial charge < -0.3 is 18.9 Å². The van der Waals surface area contributed by atoms with Crippen molar-refractivity contribution in [3.8, 4) is 23.0 Å². The molecule has 132 valence electrons. The van der Waals surface area contributed by atoms with Crippen molar-refractivity contribution in [3.63, 3.8) is 0 Å². The van der Waals surface area contributed by atoms with Gasteiger partial charge >= 0.3 is 0 Å². The minimum absolute atomic E-state index is 0.272. The van der Waals surface area contributed by atoms with Gasteiger partial charge in [0.2, 0.25) is 6.79 Å². The molecule has 0 N–H and O–H groups in total. The molecule has 0 spiro atoms. The summed E-state index contributed by atoms with van der Waals surface area (Å²) in [7, 11) is 3.27. The summed E-state index contributed by atoms with van der Waals surface area (Å²) in [6.45, 7) is 2.25. The molecule has 0 fully saturated rings. The molecule has 0 bridgehead atoms. The van der Waals surface area contributed by atoms with Gasteiger partial charge in [-0.05, 0) is 54.3 Å². The summed E-state index contributed by atoms with van der Waals surface area (Å²) >= 11 is 0. The molecule has 1 aromatic heterocycles. The van der Waals surface area contributed by atoms with Crippen molar-refractivity contribution in [2.75, 3.05) is 21.0 Å². The topological polar surface area (TPSA) is 49.8 Å². The van der Waals surface area contributed by atoms with E-state index in [1.807, 2.05) is 55.5 Å². The third-order valence-electron chi connectivity index (χ3n) is 4.32. The first-order chi connectivity index (χ1) is 12.7. The van der Waals surface area contributed by atoms with Gasteiger partial charge in [0.1, 0.15) is 0 Å². The summed E-state index contributed by atoms with van der Waals surface area (Å²) in [4.78, 5) is 4.68. The van der Waals surface area contributed by atoms with Gasteiger partial charge in [0.05, 0.1) is 19.9 Å². The Kier molecular flexibility index (Phi) is 4.13. The van der Waals surface area contributed by atoms with Crippen molar-refractivity contribution in [3.05, 3.63) is 53.3 Å². The van der Waals surface area contributed by atoms with E-state index in [0.29, 0.717) is 11.5 Å². The highest BCUT2D eigenvalue weighted by molar-refractivity contribution is 5.94. The van der Waals surface area contributed by atoms with Gasteiger partial charge in [0.25, 0.3) is 0 Å². The number of fused-ring (bicyclic) bond motifs is 2. The molecule has 0 unspecified atom stereocenters. The Bertz CT molecular complexity index is 1010. The minimum Gasteiger partial charge on any atom is -0.493 e. The number of pyridine rings is 1. The second kappa shape index (κ2) is 6.59. The zero-order chi connectivity index (χ0) is 18.1. The van der Waals surface area contributed by atoms with Gasteiger partial charge in [-0.1, -0.05) is 12.1 Å². The summed E-state index contributed by atoms with van der Waals surface area (Å²) < 4.78 is 21.6. The van der Waals surface area contributed by atoms with E-state index in [2.05, 4.69) is 4.98 Å². The molecule has 0 atom stereocenters. The van der Waals surface area contributed by atoms with E-state index in [9.17, 15) is 0 Å². The predicted molar refractivity (Wildman–Crippen MR) is 101 cm³/mol. The average Bonchev–Trinajstić information content (AvgIpc) is 3.12. The normalized spacial score (nSPS) is 12.7. The lowest BCUT2D eigenvalue weighted by Crippen LogP contribution is -1.94. The van der Waals surface area contributed by atoms with E-state index in [4.69, 9.17) is 18.9 Å². The Hall–Kier alpha value is -3.21. The lowest BCUT2D eigenvalue weighted by Gasteiger charge is -2.11. The summed E-state index contributed by atoms with van der Waals surface area (Å²) in [6.07, 6.45) is 4.01. The van der Waals surface area contributed by atoms with Crippen molar-refractivity contribution < 1.29 is 18.9 Å². The number of benzene rings is 2. The van der Waals surface area contributed by atoms with Crippen LogP contribution in [0.15, 0.2) is 36.4 Å². The van der Waals surface area contributed by atoms with Crippen molar-refractivity contribution >= 4 is 22.9 Å². The summed E-state index contributed by atoms with van der Waals surface area (Å²) in [6, 6.07) is 11.8. The molecule has 0 saturated carbocycles. The van der Waals surface area contributed by atoms with Crippen molar-refractivity contribution in [2.45, 2.75) is 6.92 Å². The van der Waals surface area contributed by atoms with E-state index in [0.717, 1.165) is 39.2 Å². The maximum absolute atomic E-state index is 5.44. The molecule has 1 aliphatic rings. The lowest BCUT2D eigenvalue weighted by atomic mass is 10.1. The number of aryl methyl sites for hydroxylation is 1. The molecule has 4 rings (SSSR count). The number of nitrogens with zero attached hydrogens (tertiary/aromatic N) is 1. The monoisotopic (exact) mass is 349 g/mol. The highest BCUT2D eigenvalue weighted by atomic mass is 16.7. The Morgan fingerprint density at radius 3 is 2.50 bits per heavy atom. The van der Waals surface area contributed by atoms with E-state index in [-0.39, 0.29) is 6.79 Å². The molecule has 0 amide bonds. The van der Waals surface area contributed by atoms with Crippen LogP contribution in [0.25, 0.3) is 22.9 Å². The molecular formula is C21H19NO4. The number of hydrogen-bond donors (Lipinski definition) is 0. The van der Waals surface area contributed by atoms with Crippen LogP contribution in [-0.4, -0.2) is 26.0 Å². The van der Waals surface area contributed by atoms with Gasteiger partial charge in [-0.15, -0.1) is 0 Å².